The summed E-state index contributed by atoms with van der Waals surface area (Å²) in [5.41, 5.74) is 1.01. The van der Waals surface area contributed by atoms with E-state index in [1.807, 2.05) is 19.0 Å². The monoisotopic (exact) mass is 247 g/mol. The molecule has 0 aromatic heterocycles. The lowest BCUT2D eigenvalue weighted by Gasteiger charge is -2.22. The topological polar surface area (TPSA) is 52.6 Å². The minimum Gasteiger partial charge on any atom is -0.318 e. The highest BCUT2D eigenvalue weighted by atomic mass is 16.2. The lowest BCUT2D eigenvalue weighted by Crippen LogP contribution is -2.41. The number of hydrogen-bond donors (Lipinski definition) is 1. The molecule has 1 aliphatic heterocycles. The molecule has 5 heteroatoms. The molecule has 1 N–H and O–H groups in total. The van der Waals surface area contributed by atoms with Gasteiger partial charge in [0.1, 0.15) is 0 Å². The third-order valence-electron chi connectivity index (χ3n) is 3.00. The van der Waals surface area contributed by atoms with E-state index in [1.165, 1.54) is 4.90 Å². The lowest BCUT2D eigenvalue weighted by molar-refractivity contribution is 0.0566. The minimum atomic E-state index is -0.202. The van der Waals surface area contributed by atoms with Gasteiger partial charge in [0.25, 0.3) is 11.8 Å². The van der Waals surface area contributed by atoms with Gasteiger partial charge in [-0.25, -0.2) is 0 Å². The lowest BCUT2D eigenvalue weighted by atomic mass is 10.1. The number of carbonyl (C=O) groups excluding carboxylic acids is 2. The van der Waals surface area contributed by atoms with E-state index in [2.05, 4.69) is 5.32 Å². The molecule has 0 saturated carbocycles. The Morgan fingerprint density at radius 3 is 2.22 bits per heavy atom. The molecule has 0 unspecified atom stereocenters. The third-order valence-corrected chi connectivity index (χ3v) is 3.00. The van der Waals surface area contributed by atoms with Crippen molar-refractivity contribution < 1.29 is 9.59 Å². The van der Waals surface area contributed by atoms with E-state index >= 15 is 0 Å². The Hall–Kier alpha value is -1.72. The van der Waals surface area contributed by atoms with E-state index in [9.17, 15) is 9.59 Å². The molecule has 0 aliphatic carbocycles. The van der Waals surface area contributed by atoms with Gasteiger partial charge in [-0.2, -0.15) is 0 Å². The summed E-state index contributed by atoms with van der Waals surface area (Å²) in [6, 6.07) is 6.95. The molecular weight excluding hydrogens is 230 g/mol. The molecule has 0 bridgehead atoms. The predicted octanol–water partition coefficient (Wildman–Crippen LogP) is 0.391. The summed E-state index contributed by atoms with van der Waals surface area (Å²) in [5.74, 6) is -0.404. The molecule has 1 aliphatic rings. The normalized spacial score (nSPS) is 14.5. The van der Waals surface area contributed by atoms with Crippen LogP contribution in [0.15, 0.2) is 24.3 Å². The number of benzene rings is 1. The van der Waals surface area contributed by atoms with Crippen LogP contribution >= 0.6 is 0 Å². The van der Waals surface area contributed by atoms with Crippen molar-refractivity contribution in [3.8, 4) is 0 Å². The second kappa shape index (κ2) is 5.29. The van der Waals surface area contributed by atoms with Crippen molar-refractivity contribution in [1.82, 2.24) is 15.1 Å². The molecule has 2 amide bonds. The van der Waals surface area contributed by atoms with Crippen LogP contribution in [0.2, 0.25) is 0 Å². The van der Waals surface area contributed by atoms with Gasteiger partial charge in [-0.15, -0.1) is 0 Å². The van der Waals surface area contributed by atoms with Crippen molar-refractivity contribution in [3.05, 3.63) is 35.4 Å². The first-order chi connectivity index (χ1) is 8.65. The van der Waals surface area contributed by atoms with Gasteiger partial charge in [0.2, 0.25) is 0 Å². The van der Waals surface area contributed by atoms with Crippen molar-refractivity contribution in [1.29, 1.82) is 0 Å². The number of imide groups is 1. The quantitative estimate of drug-likeness (QED) is 0.765. The Bertz CT molecular complexity index is 438. The van der Waals surface area contributed by atoms with E-state index in [-0.39, 0.29) is 11.8 Å². The second-order valence-electron chi connectivity index (χ2n) is 4.41. The molecule has 0 atom stereocenters. The SMILES string of the molecule is CNCCN(C)CN1C(=O)c2ccccc2C1=O. The molecule has 1 aromatic rings. The fraction of sp³-hybridized carbons (Fsp3) is 0.385. The number of amides is 2. The molecule has 5 nitrogen and oxygen atoms in total. The Labute approximate surface area is 106 Å². The fourth-order valence-electron chi connectivity index (χ4n) is 1.98. The molecule has 0 spiro atoms. The molecular formula is C13H17N3O2. The van der Waals surface area contributed by atoms with Gasteiger partial charge in [-0.3, -0.25) is 19.4 Å². The maximum absolute atomic E-state index is 12.1. The Morgan fingerprint density at radius 1 is 1.17 bits per heavy atom. The van der Waals surface area contributed by atoms with Crippen molar-refractivity contribution in [2.45, 2.75) is 0 Å². The number of rotatable bonds is 5. The van der Waals surface area contributed by atoms with Gasteiger partial charge < -0.3 is 5.32 Å². The molecule has 96 valence electrons. The highest BCUT2D eigenvalue weighted by Gasteiger charge is 2.35. The summed E-state index contributed by atoms with van der Waals surface area (Å²) < 4.78 is 0. The summed E-state index contributed by atoms with van der Waals surface area (Å²) in [7, 11) is 3.76. The number of fused-ring (bicyclic) bond motifs is 1. The number of hydrogen-bond acceptors (Lipinski definition) is 4. The second-order valence-corrected chi connectivity index (χ2v) is 4.41. The average Bonchev–Trinajstić information content (AvgIpc) is 2.62. The first-order valence-electron chi connectivity index (χ1n) is 5.93. The molecule has 0 radical (unpaired) electrons. The van der Waals surface area contributed by atoms with Crippen molar-refractivity contribution in [2.75, 3.05) is 33.9 Å². The number of nitrogens with one attached hydrogen (secondary N) is 1. The zero-order valence-electron chi connectivity index (χ0n) is 10.6. The van der Waals surface area contributed by atoms with Crippen molar-refractivity contribution >= 4 is 11.8 Å². The van der Waals surface area contributed by atoms with Crippen LogP contribution in [0.3, 0.4) is 0 Å². The summed E-state index contributed by atoms with van der Waals surface area (Å²) in [5, 5.41) is 3.03. The largest absolute Gasteiger partial charge is 0.318 e. The number of nitrogens with zero attached hydrogens (tertiary/aromatic N) is 2. The van der Waals surface area contributed by atoms with Crippen LogP contribution < -0.4 is 5.32 Å². The molecule has 1 aromatic carbocycles. The highest BCUT2D eigenvalue weighted by molar-refractivity contribution is 6.21. The van der Waals surface area contributed by atoms with E-state index in [1.54, 1.807) is 24.3 Å². The third kappa shape index (κ3) is 2.27. The summed E-state index contributed by atoms with van der Waals surface area (Å²) >= 11 is 0. The standard InChI is InChI=1S/C13H17N3O2/c1-14-7-8-15(2)9-16-12(17)10-5-3-4-6-11(10)13(16)18/h3-6,14H,7-9H2,1-2H3. The van der Waals surface area contributed by atoms with Crippen LogP contribution in [-0.2, 0) is 0 Å². The first-order valence-corrected chi connectivity index (χ1v) is 5.93. The van der Waals surface area contributed by atoms with Crippen LogP contribution in [0.5, 0.6) is 0 Å². The van der Waals surface area contributed by atoms with Gasteiger partial charge >= 0.3 is 0 Å². The van der Waals surface area contributed by atoms with Crippen LogP contribution in [0.25, 0.3) is 0 Å². The van der Waals surface area contributed by atoms with Crippen LogP contribution in [0.1, 0.15) is 20.7 Å². The molecule has 18 heavy (non-hydrogen) atoms. The van der Waals surface area contributed by atoms with Gasteiger partial charge in [0.05, 0.1) is 17.8 Å². The Morgan fingerprint density at radius 2 is 1.72 bits per heavy atom. The first kappa shape index (κ1) is 12.7. The van der Waals surface area contributed by atoms with E-state index in [4.69, 9.17) is 0 Å². The zero-order valence-corrected chi connectivity index (χ0v) is 10.6. The van der Waals surface area contributed by atoms with Gasteiger partial charge in [0, 0.05) is 13.1 Å². The maximum Gasteiger partial charge on any atom is 0.262 e. The maximum atomic E-state index is 12.1. The van der Waals surface area contributed by atoms with E-state index < -0.39 is 0 Å². The molecule has 0 saturated heterocycles. The fourth-order valence-corrected chi connectivity index (χ4v) is 1.98. The van der Waals surface area contributed by atoms with Gasteiger partial charge in [-0.05, 0) is 26.2 Å². The van der Waals surface area contributed by atoms with Gasteiger partial charge in [-0.1, -0.05) is 12.1 Å². The molecule has 1 heterocycles. The Balaban J connectivity index is 2.09. The summed E-state index contributed by atoms with van der Waals surface area (Å²) in [6.45, 7) is 1.93. The zero-order chi connectivity index (χ0) is 13.1. The van der Waals surface area contributed by atoms with Crippen molar-refractivity contribution in [2.24, 2.45) is 0 Å². The summed E-state index contributed by atoms with van der Waals surface area (Å²) in [4.78, 5) is 27.4. The predicted molar refractivity (Wildman–Crippen MR) is 68.4 cm³/mol. The molecule has 0 fully saturated rings. The molecule has 2 rings (SSSR count). The number of carbonyl (C=O) groups is 2. The average molecular weight is 247 g/mol. The van der Waals surface area contributed by atoms with Crippen molar-refractivity contribution in [3.63, 3.8) is 0 Å². The minimum absolute atomic E-state index is 0.202. The Kier molecular flexibility index (Phi) is 3.74. The van der Waals surface area contributed by atoms with Crippen LogP contribution in [-0.4, -0.2) is 55.5 Å². The van der Waals surface area contributed by atoms with E-state index in [0.717, 1.165) is 13.1 Å². The van der Waals surface area contributed by atoms with Gasteiger partial charge in [0.15, 0.2) is 0 Å². The van der Waals surface area contributed by atoms with Crippen LogP contribution in [0.4, 0.5) is 0 Å². The van der Waals surface area contributed by atoms with Crippen LogP contribution in [0, 0.1) is 0 Å². The number of likely N-dealkylation sites (N-methyl/N-ethyl adjacent to an activating group) is 2. The smallest absolute Gasteiger partial charge is 0.262 e. The highest BCUT2D eigenvalue weighted by Crippen LogP contribution is 2.22. The summed E-state index contributed by atoms with van der Waals surface area (Å²) in [6.07, 6.45) is 0. The van der Waals surface area contributed by atoms with E-state index in [0.29, 0.717) is 17.8 Å².